The first kappa shape index (κ1) is 10.7. The van der Waals surface area contributed by atoms with Crippen molar-refractivity contribution in [3.05, 3.63) is 29.8 Å². The van der Waals surface area contributed by atoms with Crippen molar-refractivity contribution >= 4 is 6.29 Å². The van der Waals surface area contributed by atoms with Gasteiger partial charge in [0.2, 0.25) is 0 Å². The molecule has 0 amide bonds. The highest BCUT2D eigenvalue weighted by Gasteiger charge is 1.99. The monoisotopic (exact) mass is 194 g/mol. The summed E-state index contributed by atoms with van der Waals surface area (Å²) in [5, 5.41) is 0. The second-order valence-electron chi connectivity index (χ2n) is 3.00. The normalized spacial score (nSPS) is 12.1. The van der Waals surface area contributed by atoms with E-state index in [1.165, 1.54) is 0 Å². The standard InChI is InChI=1S/C11H14O3/c1-9(7-12)14-8-10-3-5-11(13-2)6-4-10/h3-7,9H,8H2,1-2H3/t9-/m1/s1. The van der Waals surface area contributed by atoms with E-state index in [1.807, 2.05) is 24.3 Å². The van der Waals surface area contributed by atoms with Crippen molar-refractivity contribution in [2.24, 2.45) is 0 Å². The number of carbonyl (C=O) groups is 1. The van der Waals surface area contributed by atoms with E-state index in [-0.39, 0.29) is 6.10 Å². The lowest BCUT2D eigenvalue weighted by atomic mass is 10.2. The minimum atomic E-state index is -0.350. The molecule has 0 unspecified atom stereocenters. The van der Waals surface area contributed by atoms with Gasteiger partial charge in [-0.15, -0.1) is 0 Å². The fourth-order valence-electron chi connectivity index (χ4n) is 0.989. The molecule has 0 aliphatic carbocycles. The van der Waals surface area contributed by atoms with E-state index in [9.17, 15) is 4.79 Å². The van der Waals surface area contributed by atoms with Crippen LogP contribution in [-0.4, -0.2) is 19.5 Å². The lowest BCUT2D eigenvalue weighted by Crippen LogP contribution is -2.08. The second-order valence-corrected chi connectivity index (χ2v) is 3.00. The SMILES string of the molecule is COc1ccc(CO[C@H](C)C=O)cc1. The van der Waals surface area contributed by atoms with Crippen LogP contribution in [0.15, 0.2) is 24.3 Å². The van der Waals surface area contributed by atoms with E-state index in [0.717, 1.165) is 17.6 Å². The predicted octanol–water partition coefficient (Wildman–Crippen LogP) is 1.80. The molecule has 3 heteroatoms. The third-order valence-electron chi connectivity index (χ3n) is 1.86. The molecule has 0 saturated heterocycles. The third-order valence-corrected chi connectivity index (χ3v) is 1.86. The largest absolute Gasteiger partial charge is 0.497 e. The Kier molecular flexibility index (Phi) is 4.13. The molecule has 0 aromatic heterocycles. The zero-order valence-corrected chi connectivity index (χ0v) is 8.40. The fourth-order valence-corrected chi connectivity index (χ4v) is 0.989. The molecule has 0 aliphatic rings. The van der Waals surface area contributed by atoms with Gasteiger partial charge in [-0.2, -0.15) is 0 Å². The minimum Gasteiger partial charge on any atom is -0.497 e. The highest BCUT2D eigenvalue weighted by atomic mass is 16.5. The molecule has 0 N–H and O–H groups in total. The van der Waals surface area contributed by atoms with Crippen molar-refractivity contribution < 1.29 is 14.3 Å². The smallest absolute Gasteiger partial charge is 0.148 e. The van der Waals surface area contributed by atoms with Crippen LogP contribution in [0, 0.1) is 0 Å². The minimum absolute atomic E-state index is 0.350. The summed E-state index contributed by atoms with van der Waals surface area (Å²) < 4.78 is 10.3. The van der Waals surface area contributed by atoms with Gasteiger partial charge in [-0.3, -0.25) is 0 Å². The zero-order valence-electron chi connectivity index (χ0n) is 8.40. The summed E-state index contributed by atoms with van der Waals surface area (Å²) >= 11 is 0. The van der Waals surface area contributed by atoms with Crippen LogP contribution >= 0.6 is 0 Å². The maximum absolute atomic E-state index is 10.3. The molecular weight excluding hydrogens is 180 g/mol. The van der Waals surface area contributed by atoms with Gasteiger partial charge < -0.3 is 14.3 Å². The number of hydrogen-bond donors (Lipinski definition) is 0. The van der Waals surface area contributed by atoms with Gasteiger partial charge in [0.25, 0.3) is 0 Å². The number of methoxy groups -OCH3 is 1. The lowest BCUT2D eigenvalue weighted by molar-refractivity contribution is -0.117. The van der Waals surface area contributed by atoms with E-state index < -0.39 is 0 Å². The molecule has 0 heterocycles. The van der Waals surface area contributed by atoms with Crippen LogP contribution in [-0.2, 0) is 16.1 Å². The van der Waals surface area contributed by atoms with Gasteiger partial charge in [-0.25, -0.2) is 0 Å². The predicted molar refractivity (Wildman–Crippen MR) is 53.3 cm³/mol. The molecule has 1 atom stereocenters. The van der Waals surface area contributed by atoms with Crippen LogP contribution in [0.2, 0.25) is 0 Å². The van der Waals surface area contributed by atoms with Gasteiger partial charge in [0, 0.05) is 0 Å². The molecule has 1 aromatic carbocycles. The molecule has 1 aromatic rings. The Labute approximate surface area is 83.6 Å². The Balaban J connectivity index is 2.47. The Hall–Kier alpha value is -1.35. The first-order valence-electron chi connectivity index (χ1n) is 4.46. The van der Waals surface area contributed by atoms with E-state index in [2.05, 4.69) is 0 Å². The van der Waals surface area contributed by atoms with Crippen LogP contribution in [0.5, 0.6) is 5.75 Å². The summed E-state index contributed by atoms with van der Waals surface area (Å²) in [4.78, 5) is 10.3. The van der Waals surface area contributed by atoms with Crippen molar-refractivity contribution in [3.8, 4) is 5.75 Å². The topological polar surface area (TPSA) is 35.5 Å². The number of ether oxygens (including phenoxy) is 2. The number of carbonyl (C=O) groups excluding carboxylic acids is 1. The first-order chi connectivity index (χ1) is 6.76. The van der Waals surface area contributed by atoms with Crippen LogP contribution in [0.3, 0.4) is 0 Å². The maximum Gasteiger partial charge on any atom is 0.148 e. The maximum atomic E-state index is 10.3. The summed E-state index contributed by atoms with van der Waals surface area (Å²) in [5.74, 6) is 0.817. The number of hydrogen-bond acceptors (Lipinski definition) is 3. The van der Waals surface area contributed by atoms with Crippen LogP contribution in [0.1, 0.15) is 12.5 Å². The average molecular weight is 194 g/mol. The van der Waals surface area contributed by atoms with Gasteiger partial charge in [-0.05, 0) is 24.6 Å². The number of rotatable bonds is 5. The Bertz CT molecular complexity index is 279. The van der Waals surface area contributed by atoms with Gasteiger partial charge in [0.15, 0.2) is 0 Å². The molecule has 3 nitrogen and oxygen atoms in total. The summed E-state index contributed by atoms with van der Waals surface area (Å²) in [6.07, 6.45) is 0.431. The van der Waals surface area contributed by atoms with Crippen molar-refractivity contribution in [2.45, 2.75) is 19.6 Å². The van der Waals surface area contributed by atoms with Crippen molar-refractivity contribution in [3.63, 3.8) is 0 Å². The molecule has 0 saturated carbocycles. The summed E-state index contributed by atoms with van der Waals surface area (Å²) in [5.41, 5.74) is 1.03. The molecule has 1 rings (SSSR count). The number of aldehydes is 1. The van der Waals surface area contributed by atoms with E-state index >= 15 is 0 Å². The van der Waals surface area contributed by atoms with Gasteiger partial charge >= 0.3 is 0 Å². The lowest BCUT2D eigenvalue weighted by Gasteiger charge is -2.06. The van der Waals surface area contributed by atoms with Crippen LogP contribution < -0.4 is 4.74 Å². The quantitative estimate of drug-likeness (QED) is 0.670. The van der Waals surface area contributed by atoms with Crippen LogP contribution in [0.25, 0.3) is 0 Å². The Morgan fingerprint density at radius 2 is 2.00 bits per heavy atom. The van der Waals surface area contributed by atoms with E-state index in [0.29, 0.717) is 6.61 Å². The third kappa shape index (κ3) is 3.18. The van der Waals surface area contributed by atoms with E-state index in [1.54, 1.807) is 14.0 Å². The van der Waals surface area contributed by atoms with Gasteiger partial charge in [0.05, 0.1) is 13.7 Å². The highest BCUT2D eigenvalue weighted by molar-refractivity contribution is 5.55. The zero-order chi connectivity index (χ0) is 10.4. The van der Waals surface area contributed by atoms with Crippen molar-refractivity contribution in [2.75, 3.05) is 7.11 Å². The van der Waals surface area contributed by atoms with Crippen LogP contribution in [0.4, 0.5) is 0 Å². The molecular formula is C11H14O3. The van der Waals surface area contributed by atoms with Gasteiger partial charge in [0.1, 0.15) is 18.1 Å². The molecule has 0 aliphatic heterocycles. The molecule has 14 heavy (non-hydrogen) atoms. The van der Waals surface area contributed by atoms with E-state index in [4.69, 9.17) is 9.47 Å². The molecule has 0 fully saturated rings. The van der Waals surface area contributed by atoms with Crippen molar-refractivity contribution in [1.29, 1.82) is 0 Å². The summed E-state index contributed by atoms with van der Waals surface area (Å²) in [6, 6.07) is 7.56. The fraction of sp³-hybridized carbons (Fsp3) is 0.364. The molecule has 0 radical (unpaired) electrons. The Morgan fingerprint density at radius 3 is 2.50 bits per heavy atom. The summed E-state index contributed by atoms with van der Waals surface area (Å²) in [6.45, 7) is 2.17. The molecule has 76 valence electrons. The van der Waals surface area contributed by atoms with Gasteiger partial charge in [-0.1, -0.05) is 12.1 Å². The average Bonchev–Trinajstić information content (AvgIpc) is 2.26. The molecule has 0 spiro atoms. The number of benzene rings is 1. The van der Waals surface area contributed by atoms with Crippen molar-refractivity contribution in [1.82, 2.24) is 0 Å². The Morgan fingerprint density at radius 1 is 1.36 bits per heavy atom. The first-order valence-corrected chi connectivity index (χ1v) is 4.46. The summed E-state index contributed by atoms with van der Waals surface area (Å²) in [7, 11) is 1.62. The highest BCUT2D eigenvalue weighted by Crippen LogP contribution is 2.12. The second kappa shape index (κ2) is 5.40. The molecule has 0 bridgehead atoms.